The predicted molar refractivity (Wildman–Crippen MR) is 75.1 cm³/mol. The van der Waals surface area contributed by atoms with Crippen LogP contribution in [0.4, 0.5) is 0 Å². The third-order valence-electron chi connectivity index (χ3n) is 3.58. The van der Waals surface area contributed by atoms with Gasteiger partial charge < -0.3 is 15.0 Å². The third-order valence-corrected chi connectivity index (χ3v) is 3.58. The van der Waals surface area contributed by atoms with E-state index in [1.807, 2.05) is 36.1 Å². The molecular formula is C15H22N2O2. The summed E-state index contributed by atoms with van der Waals surface area (Å²) in [6.07, 6.45) is 2.05. The van der Waals surface area contributed by atoms with Gasteiger partial charge in [-0.1, -0.05) is 12.1 Å². The number of methoxy groups -OCH3 is 1. The lowest BCUT2D eigenvalue weighted by Gasteiger charge is -2.24. The van der Waals surface area contributed by atoms with Gasteiger partial charge in [0.25, 0.3) is 0 Å². The maximum atomic E-state index is 12.3. The van der Waals surface area contributed by atoms with Crippen LogP contribution in [0.3, 0.4) is 0 Å². The fourth-order valence-corrected chi connectivity index (χ4v) is 2.41. The molecule has 1 aliphatic rings. The molecule has 0 aromatic heterocycles. The van der Waals surface area contributed by atoms with E-state index >= 15 is 0 Å². The zero-order chi connectivity index (χ0) is 13.7. The molecule has 104 valence electrons. The lowest BCUT2D eigenvalue weighted by Crippen LogP contribution is -2.43. The van der Waals surface area contributed by atoms with Gasteiger partial charge in [0.1, 0.15) is 5.75 Å². The van der Waals surface area contributed by atoms with Crippen LogP contribution in [0.2, 0.25) is 0 Å². The van der Waals surface area contributed by atoms with Crippen LogP contribution in [-0.2, 0) is 11.3 Å². The van der Waals surface area contributed by atoms with Crippen molar-refractivity contribution in [1.82, 2.24) is 10.2 Å². The molecule has 0 bridgehead atoms. The standard InChI is InChI=1S/C15H22N2O2/c1-3-17(15(18)14-5-4-10-16-14)11-12-6-8-13(19-2)9-7-12/h6-9,14,16H,3-5,10-11H2,1-2H3/t14-/m1/s1. The van der Waals surface area contributed by atoms with E-state index in [0.717, 1.165) is 37.2 Å². The van der Waals surface area contributed by atoms with E-state index < -0.39 is 0 Å². The first-order chi connectivity index (χ1) is 9.24. The molecule has 0 aliphatic carbocycles. The van der Waals surface area contributed by atoms with E-state index in [-0.39, 0.29) is 11.9 Å². The molecule has 0 radical (unpaired) electrons. The molecule has 1 aliphatic heterocycles. The number of amides is 1. The van der Waals surface area contributed by atoms with E-state index in [2.05, 4.69) is 5.32 Å². The van der Waals surface area contributed by atoms with Gasteiger partial charge in [0.2, 0.25) is 5.91 Å². The third kappa shape index (κ3) is 3.47. The minimum Gasteiger partial charge on any atom is -0.497 e. The Labute approximate surface area is 114 Å². The molecule has 4 heteroatoms. The van der Waals surface area contributed by atoms with Crippen molar-refractivity contribution in [2.45, 2.75) is 32.4 Å². The molecule has 1 heterocycles. The smallest absolute Gasteiger partial charge is 0.239 e. The summed E-state index contributed by atoms with van der Waals surface area (Å²) in [6, 6.07) is 7.90. The van der Waals surface area contributed by atoms with Gasteiger partial charge in [0.05, 0.1) is 13.2 Å². The van der Waals surface area contributed by atoms with Crippen molar-refractivity contribution in [3.63, 3.8) is 0 Å². The van der Waals surface area contributed by atoms with Gasteiger partial charge in [-0.15, -0.1) is 0 Å². The SMILES string of the molecule is CCN(Cc1ccc(OC)cc1)C(=O)[C@H]1CCCN1. The summed E-state index contributed by atoms with van der Waals surface area (Å²) in [7, 11) is 1.66. The zero-order valence-corrected chi connectivity index (χ0v) is 11.7. The van der Waals surface area contributed by atoms with Crippen molar-refractivity contribution in [1.29, 1.82) is 0 Å². The van der Waals surface area contributed by atoms with Gasteiger partial charge in [0.15, 0.2) is 0 Å². The Balaban J connectivity index is 1.99. The minimum absolute atomic E-state index is 0.0122. The number of benzene rings is 1. The van der Waals surface area contributed by atoms with E-state index in [1.54, 1.807) is 7.11 Å². The number of likely N-dealkylation sites (N-methyl/N-ethyl adjacent to an activating group) is 1. The molecule has 1 atom stereocenters. The molecule has 4 nitrogen and oxygen atoms in total. The summed E-state index contributed by atoms with van der Waals surface area (Å²) in [6.45, 7) is 4.38. The maximum absolute atomic E-state index is 12.3. The Morgan fingerprint density at radius 2 is 2.16 bits per heavy atom. The van der Waals surface area contributed by atoms with Crippen LogP contribution < -0.4 is 10.1 Å². The quantitative estimate of drug-likeness (QED) is 0.879. The molecule has 19 heavy (non-hydrogen) atoms. The fraction of sp³-hybridized carbons (Fsp3) is 0.533. The van der Waals surface area contributed by atoms with Crippen LogP contribution in [0.25, 0.3) is 0 Å². The second-order valence-electron chi connectivity index (χ2n) is 4.85. The second-order valence-corrected chi connectivity index (χ2v) is 4.85. The van der Waals surface area contributed by atoms with E-state index in [0.29, 0.717) is 6.54 Å². The average Bonchev–Trinajstić information content (AvgIpc) is 2.99. The van der Waals surface area contributed by atoms with Gasteiger partial charge in [-0.05, 0) is 44.0 Å². The van der Waals surface area contributed by atoms with Crippen molar-refractivity contribution in [3.05, 3.63) is 29.8 Å². The molecule has 1 amide bonds. The van der Waals surface area contributed by atoms with Crippen LogP contribution >= 0.6 is 0 Å². The highest BCUT2D eigenvalue weighted by Crippen LogP contribution is 2.15. The molecule has 2 rings (SSSR count). The average molecular weight is 262 g/mol. The van der Waals surface area contributed by atoms with Gasteiger partial charge in [-0.2, -0.15) is 0 Å². The summed E-state index contributed by atoms with van der Waals surface area (Å²) >= 11 is 0. The van der Waals surface area contributed by atoms with Gasteiger partial charge in [0, 0.05) is 13.1 Å². The van der Waals surface area contributed by atoms with Crippen molar-refractivity contribution in [2.24, 2.45) is 0 Å². The maximum Gasteiger partial charge on any atom is 0.239 e. The number of carbonyl (C=O) groups is 1. The molecule has 0 unspecified atom stereocenters. The number of ether oxygens (including phenoxy) is 1. The normalized spacial score (nSPS) is 18.3. The first-order valence-electron chi connectivity index (χ1n) is 6.89. The number of hydrogen-bond acceptors (Lipinski definition) is 3. The van der Waals surface area contributed by atoms with Crippen LogP contribution in [0.5, 0.6) is 5.75 Å². The largest absolute Gasteiger partial charge is 0.497 e. The molecule has 1 aromatic rings. The van der Waals surface area contributed by atoms with E-state index in [9.17, 15) is 4.79 Å². The molecule has 0 saturated carbocycles. The van der Waals surface area contributed by atoms with Crippen molar-refractivity contribution >= 4 is 5.91 Å². The first kappa shape index (κ1) is 13.9. The highest BCUT2D eigenvalue weighted by Gasteiger charge is 2.25. The van der Waals surface area contributed by atoms with Crippen LogP contribution in [0, 0.1) is 0 Å². The lowest BCUT2D eigenvalue weighted by molar-refractivity contribution is -0.133. The minimum atomic E-state index is 0.0122. The molecular weight excluding hydrogens is 240 g/mol. The summed E-state index contributed by atoms with van der Waals surface area (Å²) in [4.78, 5) is 14.3. The van der Waals surface area contributed by atoms with Crippen LogP contribution in [0.1, 0.15) is 25.3 Å². The van der Waals surface area contributed by atoms with E-state index in [1.165, 1.54) is 0 Å². The number of carbonyl (C=O) groups excluding carboxylic acids is 1. The van der Waals surface area contributed by atoms with Crippen molar-refractivity contribution < 1.29 is 9.53 Å². The molecule has 1 N–H and O–H groups in total. The number of nitrogens with zero attached hydrogens (tertiary/aromatic N) is 1. The summed E-state index contributed by atoms with van der Waals surface area (Å²) in [5, 5.41) is 3.26. The highest BCUT2D eigenvalue weighted by atomic mass is 16.5. The zero-order valence-electron chi connectivity index (χ0n) is 11.7. The second kappa shape index (κ2) is 6.57. The molecule has 1 fully saturated rings. The number of hydrogen-bond donors (Lipinski definition) is 1. The van der Waals surface area contributed by atoms with Crippen LogP contribution in [0.15, 0.2) is 24.3 Å². The Morgan fingerprint density at radius 3 is 2.68 bits per heavy atom. The Hall–Kier alpha value is -1.55. The van der Waals surface area contributed by atoms with Gasteiger partial charge in [-0.3, -0.25) is 4.79 Å². The Morgan fingerprint density at radius 1 is 1.42 bits per heavy atom. The predicted octanol–water partition coefficient (Wildman–Crippen LogP) is 1.80. The Bertz CT molecular complexity index is 411. The van der Waals surface area contributed by atoms with Gasteiger partial charge >= 0.3 is 0 Å². The number of nitrogens with one attached hydrogen (secondary N) is 1. The summed E-state index contributed by atoms with van der Waals surface area (Å²) in [5.74, 6) is 1.06. The summed E-state index contributed by atoms with van der Waals surface area (Å²) in [5.41, 5.74) is 1.13. The summed E-state index contributed by atoms with van der Waals surface area (Å²) < 4.78 is 5.14. The Kier molecular flexibility index (Phi) is 4.80. The van der Waals surface area contributed by atoms with E-state index in [4.69, 9.17) is 4.74 Å². The van der Waals surface area contributed by atoms with Gasteiger partial charge in [-0.25, -0.2) is 0 Å². The van der Waals surface area contributed by atoms with Crippen molar-refractivity contribution in [2.75, 3.05) is 20.2 Å². The molecule has 0 spiro atoms. The number of rotatable bonds is 5. The molecule has 1 aromatic carbocycles. The van der Waals surface area contributed by atoms with Crippen LogP contribution in [-0.4, -0.2) is 37.0 Å². The highest BCUT2D eigenvalue weighted by molar-refractivity contribution is 5.82. The molecule has 1 saturated heterocycles. The lowest BCUT2D eigenvalue weighted by atomic mass is 10.1. The topological polar surface area (TPSA) is 41.6 Å². The fourth-order valence-electron chi connectivity index (χ4n) is 2.41. The van der Waals surface area contributed by atoms with Crippen molar-refractivity contribution in [3.8, 4) is 5.75 Å². The monoisotopic (exact) mass is 262 g/mol. The first-order valence-corrected chi connectivity index (χ1v) is 6.89.